The van der Waals surface area contributed by atoms with Gasteiger partial charge in [0.15, 0.2) is 0 Å². The summed E-state index contributed by atoms with van der Waals surface area (Å²) >= 11 is 0. The summed E-state index contributed by atoms with van der Waals surface area (Å²) in [6.07, 6.45) is 13.8. The summed E-state index contributed by atoms with van der Waals surface area (Å²) in [6, 6.07) is 10.5. The van der Waals surface area contributed by atoms with Crippen LogP contribution in [0.25, 0.3) is 0 Å². The Hall–Kier alpha value is -2.43. The Bertz CT molecular complexity index is 1280. The first kappa shape index (κ1) is 33.5. The van der Waals surface area contributed by atoms with E-state index in [1.54, 1.807) is 0 Å². The molecule has 1 aromatic heterocycles. The van der Waals surface area contributed by atoms with Gasteiger partial charge in [-0.15, -0.1) is 0 Å². The van der Waals surface area contributed by atoms with E-state index in [-0.39, 0.29) is 0 Å². The van der Waals surface area contributed by atoms with Crippen LogP contribution in [0.3, 0.4) is 0 Å². The Morgan fingerprint density at radius 3 is 2.50 bits per heavy atom. The molecule has 2 saturated carbocycles. The van der Waals surface area contributed by atoms with Gasteiger partial charge >= 0.3 is 7.52 Å². The largest absolute Gasteiger partial charge is 0.432 e. The molecule has 2 aromatic rings. The second-order valence-corrected chi connectivity index (χ2v) is 16.1. The van der Waals surface area contributed by atoms with Gasteiger partial charge < -0.3 is 31.1 Å². The molecule has 6 rings (SSSR count). The molecule has 2 aliphatic carbocycles. The molecule has 1 atom stereocenters. The van der Waals surface area contributed by atoms with E-state index in [0.717, 1.165) is 88.0 Å². The molecule has 1 unspecified atom stereocenters. The summed E-state index contributed by atoms with van der Waals surface area (Å²) < 4.78 is 19.2. The van der Waals surface area contributed by atoms with Crippen LogP contribution in [0, 0.1) is 11.8 Å². The minimum atomic E-state index is -2.89. The van der Waals surface area contributed by atoms with Crippen molar-refractivity contribution in [3.05, 3.63) is 35.9 Å². The second-order valence-electron chi connectivity index (χ2n) is 13.8. The molecule has 1 aromatic carbocycles. The van der Waals surface area contributed by atoms with E-state index in [1.807, 2.05) is 30.3 Å². The van der Waals surface area contributed by atoms with Gasteiger partial charge in [-0.05, 0) is 82.5 Å². The summed E-state index contributed by atoms with van der Waals surface area (Å²) in [5.74, 6) is 4.18. The quantitative estimate of drug-likeness (QED) is 0.144. The van der Waals surface area contributed by atoms with Crippen LogP contribution >= 0.6 is 7.52 Å². The predicted molar refractivity (Wildman–Crippen MR) is 188 cm³/mol. The van der Waals surface area contributed by atoms with Crippen molar-refractivity contribution in [1.82, 2.24) is 30.6 Å². The molecule has 4 aliphatic rings. The number of anilines is 3. The third-order valence-electron chi connectivity index (χ3n) is 10.4. The average molecular weight is 654 g/mol. The number of fused-ring (bicyclic) bond motifs is 1. The molecule has 2 aliphatic heterocycles. The number of hydrogen-bond donors (Lipinski definition) is 5. The summed E-state index contributed by atoms with van der Waals surface area (Å²) in [7, 11) is -2.89. The van der Waals surface area contributed by atoms with Gasteiger partial charge in [-0.25, -0.2) is 5.09 Å². The smallest absolute Gasteiger partial charge is 0.318 e. The van der Waals surface area contributed by atoms with E-state index in [4.69, 9.17) is 15.2 Å². The lowest BCUT2D eigenvalue weighted by Gasteiger charge is -2.36. The maximum Gasteiger partial charge on any atom is 0.318 e. The third-order valence-corrected chi connectivity index (χ3v) is 12.3. The van der Waals surface area contributed by atoms with Gasteiger partial charge in [0.2, 0.25) is 5.95 Å². The summed E-state index contributed by atoms with van der Waals surface area (Å²) in [5, 5.41) is 14.1. The van der Waals surface area contributed by atoms with E-state index in [9.17, 15) is 4.57 Å². The summed E-state index contributed by atoms with van der Waals surface area (Å²) in [5.41, 5.74) is 7.28. The molecular weight excluding hydrogens is 597 g/mol. The maximum absolute atomic E-state index is 13.3. The van der Waals surface area contributed by atoms with E-state index >= 15 is 0 Å². The Morgan fingerprint density at radius 2 is 1.70 bits per heavy atom. The Balaban J connectivity index is 0.858. The monoisotopic (exact) mass is 653 g/mol. The van der Waals surface area contributed by atoms with Crippen LogP contribution in [0.2, 0.25) is 0 Å². The molecule has 6 N–H and O–H groups in total. The Labute approximate surface area is 275 Å². The van der Waals surface area contributed by atoms with Crippen LogP contribution < -0.4 is 36.2 Å². The van der Waals surface area contributed by atoms with Crippen molar-refractivity contribution >= 4 is 25.1 Å². The molecule has 254 valence electrons. The van der Waals surface area contributed by atoms with Crippen LogP contribution in [0.1, 0.15) is 69.8 Å². The van der Waals surface area contributed by atoms with Crippen molar-refractivity contribution in [2.75, 3.05) is 81.0 Å². The van der Waals surface area contributed by atoms with Crippen molar-refractivity contribution in [2.24, 2.45) is 11.8 Å². The van der Waals surface area contributed by atoms with Crippen LogP contribution in [0.4, 0.5) is 17.6 Å². The molecule has 1 saturated heterocycles. The highest BCUT2D eigenvalue weighted by Gasteiger charge is 2.31. The highest BCUT2D eigenvalue weighted by atomic mass is 31.2. The van der Waals surface area contributed by atoms with Crippen molar-refractivity contribution in [1.29, 1.82) is 0 Å². The van der Waals surface area contributed by atoms with Crippen molar-refractivity contribution in [3.8, 4) is 5.75 Å². The molecular formula is C34H56N9O2P. The van der Waals surface area contributed by atoms with Gasteiger partial charge in [0, 0.05) is 63.5 Å². The molecule has 0 bridgehead atoms. The fraction of sp³-hybridized carbons (Fsp3) is 0.706. The number of benzene rings is 1. The molecule has 11 nitrogen and oxygen atoms in total. The number of nitrogens with zero attached hydrogens (tertiary/aromatic N) is 4. The van der Waals surface area contributed by atoms with E-state index in [1.165, 1.54) is 64.2 Å². The number of nitrogen functional groups attached to an aromatic ring is 1. The zero-order valence-electron chi connectivity index (χ0n) is 27.6. The SMILES string of the molecule is Nc1cc(N2CCN(CCP3(=O)NCc4ccccc4O3)CC2)nc(NCC2CCC(CNCCCNC3CCCCC3)CC2)n1. The number of piperazine rings is 1. The lowest BCUT2D eigenvalue weighted by molar-refractivity contribution is 0.268. The highest BCUT2D eigenvalue weighted by molar-refractivity contribution is 7.57. The standard InChI is InChI=1S/C34H56N9O2P/c35-32-23-33(43-19-17-42(18-20-43)21-22-46(44)39-26-29-7-4-5-10-31(29)45-46)41-34(40-32)38-25-28-13-11-27(12-14-28)24-36-15-6-16-37-30-8-2-1-3-9-30/h4-5,7,10,23,27-28,30,36-37H,1-3,6,8-9,11-22,24-26H2,(H,39,44)(H3,35,38,40,41). The number of nitrogens with one attached hydrogen (secondary N) is 4. The summed E-state index contributed by atoms with van der Waals surface area (Å²) in [6.45, 7) is 9.06. The zero-order chi connectivity index (χ0) is 31.6. The topological polar surface area (TPSA) is 133 Å². The fourth-order valence-electron chi connectivity index (χ4n) is 7.44. The number of nitrogens with two attached hydrogens (primary N) is 1. The number of aromatic nitrogens is 2. The van der Waals surface area contributed by atoms with Crippen molar-refractivity contribution in [2.45, 2.75) is 76.8 Å². The van der Waals surface area contributed by atoms with E-state index < -0.39 is 7.52 Å². The maximum atomic E-state index is 13.3. The lowest BCUT2D eigenvalue weighted by Crippen LogP contribution is -2.47. The Morgan fingerprint density at radius 1 is 0.935 bits per heavy atom. The molecule has 3 fully saturated rings. The second kappa shape index (κ2) is 16.6. The van der Waals surface area contributed by atoms with Gasteiger partial charge in [-0.3, -0.25) is 9.46 Å². The molecule has 0 spiro atoms. The molecule has 3 heterocycles. The Kier molecular flexibility index (Phi) is 12.1. The van der Waals surface area contributed by atoms with Crippen LogP contribution in [-0.4, -0.2) is 86.0 Å². The fourth-order valence-corrected chi connectivity index (χ4v) is 9.20. The van der Waals surface area contributed by atoms with Gasteiger partial charge in [-0.2, -0.15) is 9.97 Å². The first-order chi connectivity index (χ1) is 22.5. The molecule has 0 radical (unpaired) electrons. The van der Waals surface area contributed by atoms with Crippen LogP contribution in [0.15, 0.2) is 30.3 Å². The normalized spacial score (nSPS) is 26.0. The minimum absolute atomic E-state index is 0.492. The number of rotatable bonds is 14. The first-order valence-electron chi connectivity index (χ1n) is 17.9. The number of para-hydroxylation sites is 1. The predicted octanol–water partition coefficient (Wildman–Crippen LogP) is 4.68. The van der Waals surface area contributed by atoms with E-state index in [0.29, 0.717) is 30.4 Å². The highest BCUT2D eigenvalue weighted by Crippen LogP contribution is 2.47. The van der Waals surface area contributed by atoms with Gasteiger partial charge in [0.1, 0.15) is 17.4 Å². The molecule has 12 heteroatoms. The zero-order valence-corrected chi connectivity index (χ0v) is 28.5. The van der Waals surface area contributed by atoms with Gasteiger partial charge in [0.05, 0.1) is 6.16 Å². The lowest BCUT2D eigenvalue weighted by atomic mass is 9.82. The average Bonchev–Trinajstić information content (AvgIpc) is 3.09. The molecule has 46 heavy (non-hydrogen) atoms. The van der Waals surface area contributed by atoms with Crippen molar-refractivity contribution in [3.63, 3.8) is 0 Å². The third kappa shape index (κ3) is 9.80. The van der Waals surface area contributed by atoms with Crippen LogP contribution in [-0.2, 0) is 11.1 Å². The van der Waals surface area contributed by atoms with Gasteiger partial charge in [-0.1, -0.05) is 37.5 Å². The first-order valence-corrected chi connectivity index (χ1v) is 19.7. The summed E-state index contributed by atoms with van der Waals surface area (Å²) in [4.78, 5) is 14.0. The minimum Gasteiger partial charge on any atom is -0.432 e. The van der Waals surface area contributed by atoms with Crippen molar-refractivity contribution < 1.29 is 9.09 Å². The number of hydrogen-bond acceptors (Lipinski definition) is 10. The van der Waals surface area contributed by atoms with Crippen LogP contribution in [0.5, 0.6) is 5.75 Å². The molecule has 0 amide bonds. The van der Waals surface area contributed by atoms with E-state index in [2.05, 4.69) is 35.8 Å². The van der Waals surface area contributed by atoms with Gasteiger partial charge in [0.25, 0.3) is 0 Å².